The Bertz CT molecular complexity index is 279. The van der Waals surface area contributed by atoms with Gasteiger partial charge >= 0.3 is 0 Å². The first-order chi connectivity index (χ1) is 8.00. The van der Waals surface area contributed by atoms with Crippen molar-refractivity contribution >= 4 is 22.6 Å². The lowest BCUT2D eigenvalue weighted by atomic mass is 9.62. The molecule has 3 unspecified atom stereocenters. The molecular weight excluding hydrogens is 319 g/mol. The third kappa shape index (κ3) is 3.27. The number of hydrogen-bond donors (Lipinski definition) is 0. The Kier molecular flexibility index (Phi) is 4.60. The molecule has 0 bridgehead atoms. The summed E-state index contributed by atoms with van der Waals surface area (Å²) in [6.07, 6.45) is 11.2. The van der Waals surface area contributed by atoms with E-state index in [-0.39, 0.29) is 0 Å². The predicted octanol–water partition coefficient (Wildman–Crippen LogP) is 5.75. The van der Waals surface area contributed by atoms with E-state index in [1.54, 1.807) is 5.57 Å². The summed E-state index contributed by atoms with van der Waals surface area (Å²) < 4.78 is 0.904. The molecule has 0 amide bonds. The number of alkyl halides is 1. The Morgan fingerprint density at radius 2 is 1.94 bits per heavy atom. The summed E-state index contributed by atoms with van der Waals surface area (Å²) in [7, 11) is 0. The van der Waals surface area contributed by atoms with Gasteiger partial charge in [0, 0.05) is 3.92 Å². The van der Waals surface area contributed by atoms with Crippen molar-refractivity contribution in [2.24, 2.45) is 17.3 Å². The van der Waals surface area contributed by atoms with Crippen LogP contribution in [0.4, 0.5) is 0 Å². The van der Waals surface area contributed by atoms with Crippen LogP contribution in [0.5, 0.6) is 0 Å². The molecule has 2 saturated carbocycles. The molecule has 0 aromatic rings. The first-order valence-corrected chi connectivity index (χ1v) is 8.57. The molecule has 98 valence electrons. The van der Waals surface area contributed by atoms with E-state index >= 15 is 0 Å². The number of fused-ring (bicyclic) bond motifs is 1. The third-order valence-corrected chi connectivity index (χ3v) is 6.26. The molecule has 0 radical (unpaired) electrons. The monoisotopic (exact) mass is 346 g/mol. The zero-order chi connectivity index (χ0) is 12.5. The van der Waals surface area contributed by atoms with Crippen molar-refractivity contribution < 1.29 is 0 Å². The van der Waals surface area contributed by atoms with Crippen LogP contribution in [0.25, 0.3) is 0 Å². The average Bonchev–Trinajstić information content (AvgIpc) is 2.31. The summed E-state index contributed by atoms with van der Waals surface area (Å²) in [5.74, 6) is 1.72. The summed E-state index contributed by atoms with van der Waals surface area (Å²) >= 11 is 2.67. The summed E-state index contributed by atoms with van der Waals surface area (Å²) in [5, 5.41) is 0. The van der Waals surface area contributed by atoms with Crippen LogP contribution in [-0.4, -0.2) is 3.92 Å². The Morgan fingerprint density at radius 1 is 1.18 bits per heavy atom. The SMILES string of the molecule is C=C1CCCCCC(C)(C)C2CC(I)CCC12. The zero-order valence-corrected chi connectivity index (χ0v) is 13.6. The Morgan fingerprint density at radius 3 is 2.71 bits per heavy atom. The first kappa shape index (κ1) is 13.9. The van der Waals surface area contributed by atoms with Crippen LogP contribution in [-0.2, 0) is 0 Å². The highest BCUT2D eigenvalue weighted by Crippen LogP contribution is 2.50. The summed E-state index contributed by atoms with van der Waals surface area (Å²) in [6, 6.07) is 0. The minimum absolute atomic E-state index is 0.530. The van der Waals surface area contributed by atoms with Crippen LogP contribution < -0.4 is 0 Å². The van der Waals surface area contributed by atoms with Gasteiger partial charge in [0.1, 0.15) is 0 Å². The molecule has 2 fully saturated rings. The Labute approximate surface area is 121 Å². The highest BCUT2D eigenvalue weighted by molar-refractivity contribution is 14.1. The van der Waals surface area contributed by atoms with Gasteiger partial charge in [0.05, 0.1) is 0 Å². The molecule has 0 N–H and O–H groups in total. The summed E-state index contributed by atoms with van der Waals surface area (Å²) in [6.45, 7) is 9.45. The third-order valence-electron chi connectivity index (χ3n) is 5.13. The van der Waals surface area contributed by atoms with Crippen LogP contribution in [0.15, 0.2) is 12.2 Å². The van der Waals surface area contributed by atoms with Crippen LogP contribution in [0, 0.1) is 17.3 Å². The van der Waals surface area contributed by atoms with Crippen LogP contribution in [0.3, 0.4) is 0 Å². The van der Waals surface area contributed by atoms with E-state index in [9.17, 15) is 0 Å². The van der Waals surface area contributed by atoms with Crippen molar-refractivity contribution in [1.29, 1.82) is 0 Å². The highest BCUT2D eigenvalue weighted by Gasteiger charge is 2.40. The van der Waals surface area contributed by atoms with E-state index in [4.69, 9.17) is 0 Å². The average molecular weight is 346 g/mol. The second-order valence-electron chi connectivity index (χ2n) is 6.83. The molecule has 0 aromatic carbocycles. The van der Waals surface area contributed by atoms with Crippen molar-refractivity contribution in [2.45, 2.75) is 69.1 Å². The second kappa shape index (κ2) is 5.63. The van der Waals surface area contributed by atoms with Crippen molar-refractivity contribution in [2.75, 3.05) is 0 Å². The molecule has 0 aliphatic heterocycles. The molecule has 0 aromatic heterocycles. The van der Waals surface area contributed by atoms with Gasteiger partial charge in [0.25, 0.3) is 0 Å². The molecule has 0 saturated heterocycles. The fraction of sp³-hybridized carbons (Fsp3) is 0.875. The number of rotatable bonds is 0. The quantitative estimate of drug-likeness (QED) is 0.297. The smallest absolute Gasteiger partial charge is 0.0113 e. The van der Waals surface area contributed by atoms with Gasteiger partial charge in [-0.15, -0.1) is 0 Å². The lowest BCUT2D eigenvalue weighted by Gasteiger charge is -2.44. The Balaban J connectivity index is 2.21. The van der Waals surface area contributed by atoms with E-state index in [0.717, 1.165) is 15.8 Å². The molecule has 1 heteroatoms. The number of hydrogen-bond acceptors (Lipinski definition) is 0. The fourth-order valence-corrected chi connectivity index (χ4v) is 4.86. The van der Waals surface area contributed by atoms with Gasteiger partial charge < -0.3 is 0 Å². The summed E-state index contributed by atoms with van der Waals surface area (Å²) in [5.41, 5.74) is 2.11. The molecule has 3 atom stereocenters. The van der Waals surface area contributed by atoms with Gasteiger partial charge in [-0.3, -0.25) is 0 Å². The lowest BCUT2D eigenvalue weighted by Crippen LogP contribution is -2.36. The first-order valence-electron chi connectivity index (χ1n) is 7.32. The number of allylic oxidation sites excluding steroid dienone is 1. The van der Waals surface area contributed by atoms with Gasteiger partial charge in [-0.05, 0) is 55.8 Å². The number of halogens is 1. The molecule has 17 heavy (non-hydrogen) atoms. The van der Waals surface area contributed by atoms with Crippen LogP contribution in [0.1, 0.15) is 65.2 Å². The predicted molar refractivity (Wildman–Crippen MR) is 84.6 cm³/mol. The molecule has 0 nitrogen and oxygen atoms in total. The standard InChI is InChI=1S/C16H27I/c1-12-7-5-4-6-10-16(2,3)15-11-13(17)8-9-14(12)15/h13-15H,1,4-11H2,2-3H3. The maximum Gasteiger partial charge on any atom is 0.0113 e. The molecule has 0 heterocycles. The van der Waals surface area contributed by atoms with E-state index in [1.807, 2.05) is 0 Å². The largest absolute Gasteiger partial charge is 0.0996 e. The maximum absolute atomic E-state index is 4.43. The van der Waals surface area contributed by atoms with Crippen LogP contribution in [0.2, 0.25) is 0 Å². The molecule has 2 aliphatic carbocycles. The normalized spacial score (nSPS) is 38.8. The molecule has 0 spiro atoms. The van der Waals surface area contributed by atoms with Crippen molar-refractivity contribution in [3.8, 4) is 0 Å². The van der Waals surface area contributed by atoms with E-state index in [1.165, 1.54) is 51.4 Å². The van der Waals surface area contributed by atoms with Crippen molar-refractivity contribution in [3.63, 3.8) is 0 Å². The van der Waals surface area contributed by atoms with Gasteiger partial charge in [-0.2, -0.15) is 0 Å². The maximum atomic E-state index is 4.43. The highest BCUT2D eigenvalue weighted by atomic mass is 127. The van der Waals surface area contributed by atoms with Gasteiger partial charge in [0.2, 0.25) is 0 Å². The Hall–Kier alpha value is 0.470. The van der Waals surface area contributed by atoms with E-state index in [2.05, 4.69) is 43.0 Å². The molecule has 2 aliphatic rings. The fourth-order valence-electron chi connectivity index (χ4n) is 3.95. The molecular formula is C16H27I. The van der Waals surface area contributed by atoms with Gasteiger partial charge in [0.15, 0.2) is 0 Å². The summed E-state index contributed by atoms with van der Waals surface area (Å²) in [4.78, 5) is 0. The minimum Gasteiger partial charge on any atom is -0.0996 e. The second-order valence-corrected chi connectivity index (χ2v) is 8.59. The van der Waals surface area contributed by atoms with E-state index < -0.39 is 0 Å². The minimum atomic E-state index is 0.530. The molecule has 2 rings (SSSR count). The van der Waals surface area contributed by atoms with E-state index in [0.29, 0.717) is 5.41 Å². The van der Waals surface area contributed by atoms with Crippen LogP contribution >= 0.6 is 22.6 Å². The lowest BCUT2D eigenvalue weighted by molar-refractivity contribution is 0.106. The van der Waals surface area contributed by atoms with Gasteiger partial charge in [-0.1, -0.05) is 61.4 Å². The van der Waals surface area contributed by atoms with Gasteiger partial charge in [-0.25, -0.2) is 0 Å². The zero-order valence-electron chi connectivity index (χ0n) is 11.5. The van der Waals surface area contributed by atoms with Crippen molar-refractivity contribution in [3.05, 3.63) is 12.2 Å². The topological polar surface area (TPSA) is 0 Å². The van der Waals surface area contributed by atoms with Crippen molar-refractivity contribution in [1.82, 2.24) is 0 Å².